The van der Waals surface area contributed by atoms with E-state index in [0.717, 1.165) is 0 Å². The molecule has 1 heterocycles. The van der Waals surface area contributed by atoms with E-state index in [0.29, 0.717) is 12.2 Å². The average molecular weight is 278 g/mol. The van der Waals surface area contributed by atoms with Gasteiger partial charge in [0.2, 0.25) is 11.8 Å². The molecule has 1 saturated heterocycles. The first-order valence-electron chi connectivity index (χ1n) is 6.64. The largest absolute Gasteiger partial charge is 0.351 e. The molecule has 20 heavy (non-hydrogen) atoms. The van der Waals surface area contributed by atoms with E-state index in [-0.39, 0.29) is 30.1 Å². The molecule has 2 rings (SSSR count). The SMILES string of the molecule is CC(C)(C)C(=O)N[C@@H]1CC(=O)N(c2cccc(F)c2)C1. The fourth-order valence-electron chi connectivity index (χ4n) is 2.10. The third-order valence-corrected chi connectivity index (χ3v) is 3.26. The maximum Gasteiger partial charge on any atom is 0.229 e. The summed E-state index contributed by atoms with van der Waals surface area (Å²) in [6, 6.07) is 5.69. The van der Waals surface area contributed by atoms with Gasteiger partial charge in [0.15, 0.2) is 0 Å². The van der Waals surface area contributed by atoms with Crippen LogP contribution in [0.25, 0.3) is 0 Å². The second-order valence-corrected chi connectivity index (χ2v) is 6.11. The summed E-state index contributed by atoms with van der Waals surface area (Å²) in [6.07, 6.45) is 0.248. The number of amides is 2. The topological polar surface area (TPSA) is 49.4 Å². The lowest BCUT2D eigenvalue weighted by atomic mass is 9.95. The maximum absolute atomic E-state index is 13.2. The first-order chi connectivity index (χ1) is 9.27. The quantitative estimate of drug-likeness (QED) is 0.900. The first-order valence-corrected chi connectivity index (χ1v) is 6.64. The van der Waals surface area contributed by atoms with Gasteiger partial charge in [-0.05, 0) is 18.2 Å². The van der Waals surface area contributed by atoms with Gasteiger partial charge in [-0.1, -0.05) is 26.8 Å². The summed E-state index contributed by atoms with van der Waals surface area (Å²) < 4.78 is 13.2. The van der Waals surface area contributed by atoms with Crippen molar-refractivity contribution in [2.75, 3.05) is 11.4 Å². The molecule has 0 aliphatic carbocycles. The van der Waals surface area contributed by atoms with Crippen molar-refractivity contribution in [3.05, 3.63) is 30.1 Å². The van der Waals surface area contributed by atoms with E-state index >= 15 is 0 Å². The van der Waals surface area contributed by atoms with Gasteiger partial charge in [-0.15, -0.1) is 0 Å². The lowest BCUT2D eigenvalue weighted by molar-refractivity contribution is -0.129. The molecule has 0 saturated carbocycles. The zero-order valence-electron chi connectivity index (χ0n) is 11.9. The van der Waals surface area contributed by atoms with Crippen LogP contribution in [0.1, 0.15) is 27.2 Å². The van der Waals surface area contributed by atoms with Crippen LogP contribution in [-0.2, 0) is 9.59 Å². The highest BCUT2D eigenvalue weighted by molar-refractivity contribution is 5.97. The van der Waals surface area contributed by atoms with Gasteiger partial charge in [0.25, 0.3) is 0 Å². The van der Waals surface area contributed by atoms with E-state index in [9.17, 15) is 14.0 Å². The van der Waals surface area contributed by atoms with E-state index in [1.165, 1.54) is 17.0 Å². The van der Waals surface area contributed by atoms with Crippen LogP contribution >= 0.6 is 0 Å². The van der Waals surface area contributed by atoms with Crippen LogP contribution in [0, 0.1) is 11.2 Å². The molecule has 0 spiro atoms. The minimum Gasteiger partial charge on any atom is -0.351 e. The van der Waals surface area contributed by atoms with Gasteiger partial charge in [0.1, 0.15) is 5.82 Å². The van der Waals surface area contributed by atoms with Gasteiger partial charge in [-0.3, -0.25) is 9.59 Å². The second-order valence-electron chi connectivity index (χ2n) is 6.11. The van der Waals surface area contributed by atoms with Crippen molar-refractivity contribution < 1.29 is 14.0 Å². The second kappa shape index (κ2) is 5.23. The summed E-state index contributed by atoms with van der Waals surface area (Å²) in [5.41, 5.74) is 0.0393. The molecule has 2 amide bonds. The van der Waals surface area contributed by atoms with Crippen LogP contribution in [0.4, 0.5) is 10.1 Å². The zero-order chi connectivity index (χ0) is 14.9. The summed E-state index contributed by atoms with van der Waals surface area (Å²) in [4.78, 5) is 25.4. The highest BCUT2D eigenvalue weighted by atomic mass is 19.1. The third kappa shape index (κ3) is 3.15. The molecule has 0 unspecified atom stereocenters. The van der Waals surface area contributed by atoms with E-state index in [4.69, 9.17) is 0 Å². The molecule has 5 heteroatoms. The zero-order valence-corrected chi connectivity index (χ0v) is 11.9. The number of hydrogen-bond donors (Lipinski definition) is 1. The van der Waals surface area contributed by atoms with Crippen molar-refractivity contribution in [2.24, 2.45) is 5.41 Å². The Morgan fingerprint density at radius 1 is 1.40 bits per heavy atom. The van der Waals surface area contributed by atoms with Crippen molar-refractivity contribution in [1.82, 2.24) is 5.32 Å². The Morgan fingerprint density at radius 2 is 2.10 bits per heavy atom. The fourth-order valence-corrected chi connectivity index (χ4v) is 2.10. The van der Waals surface area contributed by atoms with E-state index in [1.54, 1.807) is 12.1 Å². The van der Waals surface area contributed by atoms with E-state index in [2.05, 4.69) is 5.32 Å². The molecular weight excluding hydrogens is 259 g/mol. The summed E-state index contributed by atoms with van der Waals surface area (Å²) in [5.74, 6) is -0.566. The summed E-state index contributed by atoms with van der Waals surface area (Å²) in [7, 11) is 0. The lowest BCUT2D eigenvalue weighted by Crippen LogP contribution is -2.43. The standard InChI is InChI=1S/C15H19FN2O2/c1-15(2,3)14(20)17-11-8-13(19)18(9-11)12-6-4-5-10(16)7-12/h4-7,11H,8-9H2,1-3H3,(H,17,20)/t11-/m1/s1. The molecule has 1 aliphatic heterocycles. The van der Waals surface area contributed by atoms with Crippen molar-refractivity contribution in [2.45, 2.75) is 33.2 Å². The number of hydrogen-bond acceptors (Lipinski definition) is 2. The smallest absolute Gasteiger partial charge is 0.229 e. The van der Waals surface area contributed by atoms with E-state index < -0.39 is 5.41 Å². The van der Waals surface area contributed by atoms with Crippen molar-refractivity contribution in [1.29, 1.82) is 0 Å². The van der Waals surface area contributed by atoms with Crippen LogP contribution in [0.15, 0.2) is 24.3 Å². The fraction of sp³-hybridized carbons (Fsp3) is 0.467. The molecular formula is C15H19FN2O2. The molecule has 1 atom stereocenters. The maximum atomic E-state index is 13.2. The van der Waals surface area contributed by atoms with Gasteiger partial charge >= 0.3 is 0 Å². The molecule has 1 aromatic carbocycles. The normalized spacial score (nSPS) is 19.3. The van der Waals surface area contributed by atoms with Gasteiger partial charge in [0.05, 0.1) is 6.04 Å². The van der Waals surface area contributed by atoms with Gasteiger partial charge in [-0.2, -0.15) is 0 Å². The minimum absolute atomic E-state index is 0.0867. The molecule has 0 bridgehead atoms. The Morgan fingerprint density at radius 3 is 2.70 bits per heavy atom. The number of nitrogens with zero attached hydrogens (tertiary/aromatic N) is 1. The number of carbonyl (C=O) groups is 2. The Labute approximate surface area is 118 Å². The van der Waals surface area contributed by atoms with Gasteiger partial charge in [-0.25, -0.2) is 4.39 Å². The minimum atomic E-state index is -0.491. The number of benzene rings is 1. The van der Waals surface area contributed by atoms with Gasteiger partial charge < -0.3 is 10.2 Å². The van der Waals surface area contributed by atoms with Crippen LogP contribution in [0.5, 0.6) is 0 Å². The Balaban J connectivity index is 2.06. The average Bonchev–Trinajstić information content (AvgIpc) is 2.69. The number of carbonyl (C=O) groups excluding carboxylic acids is 2. The highest BCUT2D eigenvalue weighted by Gasteiger charge is 2.33. The Hall–Kier alpha value is -1.91. The molecule has 1 aliphatic rings. The summed E-state index contributed by atoms with van der Waals surface area (Å²) in [6.45, 7) is 5.85. The number of rotatable bonds is 2. The van der Waals surface area contributed by atoms with E-state index in [1.807, 2.05) is 20.8 Å². The summed E-state index contributed by atoms with van der Waals surface area (Å²) in [5, 5.41) is 2.87. The van der Waals surface area contributed by atoms with Crippen molar-refractivity contribution in [3.8, 4) is 0 Å². The number of anilines is 1. The van der Waals surface area contributed by atoms with Gasteiger partial charge in [0, 0.05) is 24.1 Å². The van der Waals surface area contributed by atoms with Crippen LogP contribution < -0.4 is 10.2 Å². The molecule has 1 fully saturated rings. The molecule has 0 radical (unpaired) electrons. The van der Waals surface area contributed by atoms with Crippen LogP contribution in [0.2, 0.25) is 0 Å². The Kier molecular flexibility index (Phi) is 3.79. The molecule has 1 N–H and O–H groups in total. The first kappa shape index (κ1) is 14.5. The Bertz CT molecular complexity index is 537. The highest BCUT2D eigenvalue weighted by Crippen LogP contribution is 2.23. The predicted octanol–water partition coefficient (Wildman–Crippen LogP) is 2.09. The molecule has 4 nitrogen and oxygen atoms in total. The van der Waals surface area contributed by atoms with Crippen molar-refractivity contribution in [3.63, 3.8) is 0 Å². The number of halogens is 1. The molecule has 1 aromatic rings. The monoisotopic (exact) mass is 278 g/mol. The van der Waals surface area contributed by atoms with Crippen molar-refractivity contribution >= 4 is 17.5 Å². The third-order valence-electron chi connectivity index (χ3n) is 3.26. The van der Waals surface area contributed by atoms with Crippen LogP contribution in [-0.4, -0.2) is 24.4 Å². The number of nitrogens with one attached hydrogen (secondary N) is 1. The predicted molar refractivity (Wildman–Crippen MR) is 74.8 cm³/mol. The summed E-state index contributed by atoms with van der Waals surface area (Å²) >= 11 is 0. The lowest BCUT2D eigenvalue weighted by Gasteiger charge is -2.21. The molecule has 108 valence electrons. The molecule has 0 aromatic heterocycles. The van der Waals surface area contributed by atoms with Crippen LogP contribution in [0.3, 0.4) is 0 Å².